The van der Waals surface area contributed by atoms with E-state index < -0.39 is 0 Å². The van der Waals surface area contributed by atoms with Crippen LogP contribution in [0.4, 0.5) is 0 Å². The minimum atomic E-state index is -0.143. The molecule has 0 N–H and O–H groups in total. The molecule has 0 radical (unpaired) electrons. The number of aromatic nitrogens is 3. The van der Waals surface area contributed by atoms with Gasteiger partial charge in [0.05, 0.1) is 16.9 Å². The monoisotopic (exact) mass is 727 g/mol. The molecule has 2 aromatic heterocycles. The van der Waals surface area contributed by atoms with Crippen molar-refractivity contribution in [3.05, 3.63) is 199 Å². The highest BCUT2D eigenvalue weighted by Crippen LogP contribution is 2.53. The second kappa shape index (κ2) is 12.9. The molecular formula is C54H37N3. The normalized spacial score (nSPS) is 12.9. The zero-order valence-corrected chi connectivity index (χ0v) is 31.7. The van der Waals surface area contributed by atoms with Crippen LogP contribution in [0.2, 0.25) is 0 Å². The molecule has 10 aromatic rings. The Morgan fingerprint density at radius 2 is 0.965 bits per heavy atom. The summed E-state index contributed by atoms with van der Waals surface area (Å²) in [6, 6.07) is 65.5. The average molecular weight is 728 g/mol. The maximum atomic E-state index is 5.30. The van der Waals surface area contributed by atoms with Crippen LogP contribution in [0.15, 0.2) is 188 Å². The molecule has 0 saturated carbocycles. The van der Waals surface area contributed by atoms with E-state index in [0.29, 0.717) is 0 Å². The van der Waals surface area contributed by atoms with Crippen molar-refractivity contribution in [2.45, 2.75) is 19.3 Å². The van der Waals surface area contributed by atoms with Crippen molar-refractivity contribution >= 4 is 32.4 Å². The first-order valence-corrected chi connectivity index (χ1v) is 19.6. The van der Waals surface area contributed by atoms with E-state index in [1.165, 1.54) is 66.1 Å². The van der Waals surface area contributed by atoms with Gasteiger partial charge in [0.1, 0.15) is 0 Å². The first-order valence-electron chi connectivity index (χ1n) is 19.6. The Hall–Kier alpha value is -7.23. The topological polar surface area (TPSA) is 38.7 Å². The van der Waals surface area contributed by atoms with E-state index in [0.717, 1.165) is 44.8 Å². The van der Waals surface area contributed by atoms with Crippen LogP contribution < -0.4 is 0 Å². The van der Waals surface area contributed by atoms with Gasteiger partial charge in [-0.3, -0.25) is 4.98 Å². The van der Waals surface area contributed by atoms with Gasteiger partial charge in [-0.15, -0.1) is 0 Å². The third-order valence-corrected chi connectivity index (χ3v) is 11.9. The predicted octanol–water partition coefficient (Wildman–Crippen LogP) is 14.0. The van der Waals surface area contributed by atoms with Crippen LogP contribution >= 0.6 is 0 Å². The van der Waals surface area contributed by atoms with E-state index in [-0.39, 0.29) is 5.41 Å². The highest BCUT2D eigenvalue weighted by atomic mass is 14.9. The van der Waals surface area contributed by atoms with E-state index in [9.17, 15) is 0 Å². The Morgan fingerprint density at radius 1 is 0.368 bits per heavy atom. The number of hydrogen-bond donors (Lipinski definition) is 0. The summed E-state index contributed by atoms with van der Waals surface area (Å²) in [5.74, 6) is 0.717. The lowest BCUT2D eigenvalue weighted by atomic mass is 9.81. The molecule has 0 spiro atoms. The summed E-state index contributed by atoms with van der Waals surface area (Å²) in [7, 11) is 0. The van der Waals surface area contributed by atoms with Crippen molar-refractivity contribution in [1.82, 2.24) is 15.0 Å². The molecule has 0 atom stereocenters. The fourth-order valence-corrected chi connectivity index (χ4v) is 8.85. The van der Waals surface area contributed by atoms with Gasteiger partial charge in [-0.25, -0.2) is 9.97 Å². The van der Waals surface area contributed by atoms with E-state index in [1.807, 2.05) is 18.3 Å². The van der Waals surface area contributed by atoms with Crippen molar-refractivity contribution in [3.8, 4) is 67.3 Å². The molecule has 2 heterocycles. The minimum absolute atomic E-state index is 0.143. The minimum Gasteiger partial charge on any atom is -0.256 e. The summed E-state index contributed by atoms with van der Waals surface area (Å²) in [5, 5.41) is 6.01. The van der Waals surface area contributed by atoms with Crippen molar-refractivity contribution < 1.29 is 0 Å². The molecule has 1 aliphatic rings. The van der Waals surface area contributed by atoms with Gasteiger partial charge in [0.25, 0.3) is 0 Å². The van der Waals surface area contributed by atoms with Crippen molar-refractivity contribution in [2.75, 3.05) is 0 Å². The summed E-state index contributed by atoms with van der Waals surface area (Å²) in [6.45, 7) is 4.69. The van der Waals surface area contributed by atoms with Crippen LogP contribution in [-0.2, 0) is 5.41 Å². The molecule has 0 aliphatic heterocycles. The number of pyridine rings is 1. The molecule has 11 rings (SSSR count). The Bertz CT molecular complexity index is 3220. The Labute approximate surface area is 332 Å². The number of benzene rings is 8. The van der Waals surface area contributed by atoms with Crippen LogP contribution in [0.3, 0.4) is 0 Å². The fourth-order valence-electron chi connectivity index (χ4n) is 8.85. The predicted molar refractivity (Wildman–Crippen MR) is 237 cm³/mol. The van der Waals surface area contributed by atoms with Gasteiger partial charge in [0.15, 0.2) is 5.82 Å². The summed E-state index contributed by atoms with van der Waals surface area (Å²) >= 11 is 0. The third-order valence-electron chi connectivity index (χ3n) is 11.9. The maximum absolute atomic E-state index is 5.30. The van der Waals surface area contributed by atoms with Crippen LogP contribution in [0.25, 0.3) is 99.7 Å². The van der Waals surface area contributed by atoms with Gasteiger partial charge >= 0.3 is 0 Å². The van der Waals surface area contributed by atoms with Crippen molar-refractivity contribution in [2.24, 2.45) is 0 Å². The average Bonchev–Trinajstić information content (AvgIpc) is 3.50. The Kier molecular flexibility index (Phi) is 7.52. The second-order valence-corrected chi connectivity index (χ2v) is 15.7. The van der Waals surface area contributed by atoms with E-state index in [1.54, 1.807) is 0 Å². The Balaban J connectivity index is 1.01. The number of hydrogen-bond acceptors (Lipinski definition) is 3. The van der Waals surface area contributed by atoms with Gasteiger partial charge in [0.2, 0.25) is 0 Å². The molecular weight excluding hydrogens is 691 g/mol. The second-order valence-electron chi connectivity index (χ2n) is 15.7. The fraction of sp³-hybridized carbons (Fsp3) is 0.0556. The molecule has 0 fully saturated rings. The van der Waals surface area contributed by atoms with Crippen LogP contribution in [0, 0.1) is 0 Å². The molecule has 0 unspecified atom stereocenters. The number of fused-ring (bicyclic) bond motifs is 6. The molecule has 0 bridgehead atoms. The molecule has 0 amide bonds. The van der Waals surface area contributed by atoms with Gasteiger partial charge in [-0.05, 0) is 121 Å². The SMILES string of the molecule is CC1(C)c2cc3ccccc3cc2-c2c(-c3cc(-c4ccc5cc(-c6cccc(-c7ccc8ncccc8c7)c6)ccc5c4)nc(-c4ccccc4)n3)cccc21. The zero-order chi connectivity index (χ0) is 38.1. The van der Waals surface area contributed by atoms with E-state index >= 15 is 0 Å². The summed E-state index contributed by atoms with van der Waals surface area (Å²) < 4.78 is 0. The quantitative estimate of drug-likeness (QED) is 0.177. The summed E-state index contributed by atoms with van der Waals surface area (Å²) in [6.07, 6.45) is 1.84. The Morgan fingerprint density at radius 3 is 1.77 bits per heavy atom. The standard InChI is InChI=1S/C54H37N3/c1-54(2)47-19-9-18-45(52(47)46-31-37-13-6-7-14-38(37)32-48(46)54)51-33-50(56-53(57-51)34-11-4-3-5-12-34)44-23-22-40-28-39(20-21-41(40)30-44)35-15-8-16-36(27-35)42-24-25-49-43(29-42)17-10-26-55-49/h3-33H,1-2H3. The lowest BCUT2D eigenvalue weighted by molar-refractivity contribution is 0.661. The molecule has 57 heavy (non-hydrogen) atoms. The van der Waals surface area contributed by atoms with Gasteiger partial charge < -0.3 is 0 Å². The van der Waals surface area contributed by atoms with Gasteiger partial charge in [0, 0.05) is 33.7 Å². The highest BCUT2D eigenvalue weighted by Gasteiger charge is 2.37. The molecule has 268 valence electrons. The molecule has 0 saturated heterocycles. The van der Waals surface area contributed by atoms with Crippen LogP contribution in [-0.4, -0.2) is 15.0 Å². The summed E-state index contributed by atoms with van der Waals surface area (Å²) in [4.78, 5) is 15.0. The summed E-state index contributed by atoms with van der Waals surface area (Å²) in [5.41, 5.74) is 15.8. The molecule has 1 aliphatic carbocycles. The number of nitrogens with zero attached hydrogens (tertiary/aromatic N) is 3. The van der Waals surface area contributed by atoms with Gasteiger partial charge in [-0.1, -0.05) is 141 Å². The van der Waals surface area contributed by atoms with E-state index in [4.69, 9.17) is 9.97 Å². The highest BCUT2D eigenvalue weighted by molar-refractivity contribution is 5.99. The smallest absolute Gasteiger partial charge is 0.160 e. The van der Waals surface area contributed by atoms with E-state index in [2.05, 4.69) is 189 Å². The lowest BCUT2D eigenvalue weighted by Crippen LogP contribution is -2.14. The first kappa shape index (κ1) is 33.1. The van der Waals surface area contributed by atoms with Crippen LogP contribution in [0.1, 0.15) is 25.0 Å². The molecule has 8 aromatic carbocycles. The maximum Gasteiger partial charge on any atom is 0.160 e. The zero-order valence-electron chi connectivity index (χ0n) is 31.7. The molecule has 3 nitrogen and oxygen atoms in total. The largest absolute Gasteiger partial charge is 0.256 e. The first-order chi connectivity index (χ1) is 28.0. The van der Waals surface area contributed by atoms with Crippen LogP contribution in [0.5, 0.6) is 0 Å². The lowest BCUT2D eigenvalue weighted by Gasteiger charge is -2.22. The molecule has 3 heteroatoms. The van der Waals surface area contributed by atoms with Crippen molar-refractivity contribution in [1.29, 1.82) is 0 Å². The number of rotatable bonds is 5. The van der Waals surface area contributed by atoms with Crippen molar-refractivity contribution in [3.63, 3.8) is 0 Å². The third kappa shape index (κ3) is 5.62. The van der Waals surface area contributed by atoms with Gasteiger partial charge in [-0.2, -0.15) is 0 Å².